The highest BCUT2D eigenvalue weighted by Crippen LogP contribution is 2.48. The van der Waals surface area contributed by atoms with Gasteiger partial charge in [-0.15, -0.1) is 0 Å². The fourth-order valence-electron chi connectivity index (χ4n) is 3.09. The molecule has 3 rings (SSSR count). The van der Waals surface area contributed by atoms with Gasteiger partial charge in [0.25, 0.3) is 0 Å². The van der Waals surface area contributed by atoms with Gasteiger partial charge in [-0.2, -0.15) is 0 Å². The molecule has 0 atom stereocenters. The van der Waals surface area contributed by atoms with Crippen LogP contribution in [0.3, 0.4) is 0 Å². The number of hydrogen-bond acceptors (Lipinski definition) is 1. The van der Waals surface area contributed by atoms with Gasteiger partial charge in [0.1, 0.15) is 0 Å². The van der Waals surface area contributed by atoms with Crippen LogP contribution >= 0.6 is 0 Å². The molecule has 0 aromatic heterocycles. The average Bonchev–Trinajstić information content (AvgIpc) is 2.40. The number of benzene rings is 2. The van der Waals surface area contributed by atoms with Crippen molar-refractivity contribution in [2.75, 3.05) is 11.4 Å². The Kier molecular flexibility index (Phi) is 2.44. The molecular formula is C17H19N. The smallest absolute Gasteiger partial charge is 0.0452 e. The highest BCUT2D eigenvalue weighted by Gasteiger charge is 2.34. The molecule has 1 aliphatic rings. The molecule has 0 bridgehead atoms. The minimum Gasteiger partial charge on any atom is -0.341 e. The predicted octanol–water partition coefficient (Wildman–Crippen LogP) is 4.48. The lowest BCUT2D eigenvalue weighted by molar-refractivity contribution is 0.626. The van der Waals surface area contributed by atoms with Gasteiger partial charge in [-0.3, -0.25) is 0 Å². The normalized spacial score (nSPS) is 16.1. The summed E-state index contributed by atoms with van der Waals surface area (Å²) in [4.78, 5) is 2.41. The van der Waals surface area contributed by atoms with Gasteiger partial charge in [0.05, 0.1) is 0 Å². The number of nitrogens with zero attached hydrogens (tertiary/aromatic N) is 1. The molecule has 0 aliphatic carbocycles. The number of hydrogen-bond donors (Lipinski definition) is 0. The van der Waals surface area contributed by atoms with Crippen LogP contribution in [0.25, 0.3) is 0 Å². The summed E-state index contributed by atoms with van der Waals surface area (Å²) in [5, 5.41) is 0. The monoisotopic (exact) mass is 237 g/mol. The van der Waals surface area contributed by atoms with Crippen molar-refractivity contribution in [1.29, 1.82) is 0 Å². The van der Waals surface area contributed by atoms with E-state index in [9.17, 15) is 0 Å². The van der Waals surface area contributed by atoms with E-state index in [-0.39, 0.29) is 5.41 Å². The molecular weight excluding hydrogens is 218 g/mol. The summed E-state index contributed by atoms with van der Waals surface area (Å²) in [6.45, 7) is 7.85. The Labute approximate surface area is 109 Å². The summed E-state index contributed by atoms with van der Waals surface area (Å²) in [5.74, 6) is 0. The van der Waals surface area contributed by atoms with Crippen LogP contribution in [0.5, 0.6) is 0 Å². The van der Waals surface area contributed by atoms with Crippen LogP contribution in [-0.4, -0.2) is 6.54 Å². The van der Waals surface area contributed by atoms with Crippen LogP contribution in [0.15, 0.2) is 48.5 Å². The van der Waals surface area contributed by atoms with Crippen molar-refractivity contribution in [3.63, 3.8) is 0 Å². The summed E-state index contributed by atoms with van der Waals surface area (Å²) in [6, 6.07) is 17.5. The molecule has 2 aromatic rings. The molecule has 0 unspecified atom stereocenters. The van der Waals surface area contributed by atoms with E-state index in [4.69, 9.17) is 0 Å². The van der Waals surface area contributed by atoms with Crippen LogP contribution in [0.2, 0.25) is 0 Å². The Morgan fingerprint density at radius 3 is 1.72 bits per heavy atom. The first-order valence-electron chi connectivity index (χ1n) is 6.63. The number of para-hydroxylation sites is 2. The lowest BCUT2D eigenvalue weighted by Gasteiger charge is -2.41. The molecule has 1 nitrogen and oxygen atoms in total. The van der Waals surface area contributed by atoms with Crippen molar-refractivity contribution in [1.82, 2.24) is 0 Å². The maximum Gasteiger partial charge on any atom is 0.0452 e. The van der Waals surface area contributed by atoms with E-state index in [1.807, 2.05) is 0 Å². The van der Waals surface area contributed by atoms with Gasteiger partial charge < -0.3 is 4.90 Å². The summed E-state index contributed by atoms with van der Waals surface area (Å²) < 4.78 is 0. The van der Waals surface area contributed by atoms with Crippen LogP contribution < -0.4 is 4.90 Å². The molecule has 0 saturated heterocycles. The van der Waals surface area contributed by atoms with Gasteiger partial charge in [0, 0.05) is 23.3 Å². The Morgan fingerprint density at radius 2 is 1.28 bits per heavy atom. The highest BCUT2D eigenvalue weighted by molar-refractivity contribution is 5.77. The second-order valence-corrected chi connectivity index (χ2v) is 5.40. The molecule has 0 amide bonds. The van der Waals surface area contributed by atoms with E-state index in [0.717, 1.165) is 6.54 Å². The van der Waals surface area contributed by atoms with E-state index < -0.39 is 0 Å². The molecule has 1 heterocycles. The van der Waals surface area contributed by atoms with Gasteiger partial charge >= 0.3 is 0 Å². The lowest BCUT2D eigenvalue weighted by Crippen LogP contribution is -2.32. The standard InChI is InChI=1S/C17H19N/c1-4-18-15-11-7-5-9-13(15)17(2,3)14-10-6-8-12-16(14)18/h5-12H,4H2,1-3H3. The van der Waals surface area contributed by atoms with Gasteiger partial charge in [-0.1, -0.05) is 50.2 Å². The Balaban J connectivity index is 2.33. The molecule has 0 spiro atoms. The van der Waals surface area contributed by atoms with Gasteiger partial charge in [-0.05, 0) is 30.2 Å². The van der Waals surface area contributed by atoms with Gasteiger partial charge in [0.15, 0.2) is 0 Å². The van der Waals surface area contributed by atoms with Crippen LogP contribution in [0, 0.1) is 0 Å². The lowest BCUT2D eigenvalue weighted by atomic mass is 9.74. The first kappa shape index (κ1) is 11.3. The third-order valence-corrected chi connectivity index (χ3v) is 4.05. The van der Waals surface area contributed by atoms with E-state index >= 15 is 0 Å². The minimum absolute atomic E-state index is 0.0822. The van der Waals surface area contributed by atoms with Crippen molar-refractivity contribution in [2.45, 2.75) is 26.2 Å². The molecule has 18 heavy (non-hydrogen) atoms. The Hall–Kier alpha value is -1.76. The SMILES string of the molecule is CCN1c2ccccc2C(C)(C)c2ccccc21. The summed E-state index contributed by atoms with van der Waals surface area (Å²) >= 11 is 0. The van der Waals surface area contributed by atoms with Crippen LogP contribution in [0.1, 0.15) is 31.9 Å². The zero-order valence-electron chi connectivity index (χ0n) is 11.3. The minimum atomic E-state index is 0.0822. The number of fused-ring (bicyclic) bond motifs is 2. The zero-order valence-corrected chi connectivity index (χ0v) is 11.3. The van der Waals surface area contributed by atoms with Crippen molar-refractivity contribution >= 4 is 11.4 Å². The maximum absolute atomic E-state index is 2.41. The Bertz CT molecular complexity index is 534. The zero-order chi connectivity index (χ0) is 12.8. The first-order chi connectivity index (χ1) is 8.66. The topological polar surface area (TPSA) is 3.24 Å². The van der Waals surface area contributed by atoms with Crippen LogP contribution in [-0.2, 0) is 5.41 Å². The number of anilines is 2. The van der Waals surface area contributed by atoms with Gasteiger partial charge in [-0.25, -0.2) is 0 Å². The highest BCUT2D eigenvalue weighted by atomic mass is 15.1. The third-order valence-electron chi connectivity index (χ3n) is 4.05. The molecule has 0 radical (unpaired) electrons. The average molecular weight is 237 g/mol. The van der Waals surface area contributed by atoms with E-state index in [0.29, 0.717) is 0 Å². The molecule has 92 valence electrons. The number of rotatable bonds is 1. The van der Waals surface area contributed by atoms with Crippen LogP contribution in [0.4, 0.5) is 11.4 Å². The molecule has 0 fully saturated rings. The van der Waals surface area contributed by atoms with Crippen molar-refractivity contribution in [3.8, 4) is 0 Å². The first-order valence-corrected chi connectivity index (χ1v) is 6.63. The largest absolute Gasteiger partial charge is 0.341 e. The maximum atomic E-state index is 2.41. The molecule has 0 N–H and O–H groups in total. The Morgan fingerprint density at radius 1 is 0.833 bits per heavy atom. The van der Waals surface area contributed by atoms with E-state index in [1.54, 1.807) is 0 Å². The van der Waals surface area contributed by atoms with Gasteiger partial charge in [0.2, 0.25) is 0 Å². The second-order valence-electron chi connectivity index (χ2n) is 5.40. The quantitative estimate of drug-likeness (QED) is 0.706. The van der Waals surface area contributed by atoms with Crippen molar-refractivity contribution in [3.05, 3.63) is 59.7 Å². The molecule has 0 saturated carbocycles. The summed E-state index contributed by atoms with van der Waals surface area (Å²) in [6.07, 6.45) is 0. The summed E-state index contributed by atoms with van der Waals surface area (Å²) in [5.41, 5.74) is 5.63. The van der Waals surface area contributed by atoms with Crippen molar-refractivity contribution in [2.24, 2.45) is 0 Å². The molecule has 1 heteroatoms. The van der Waals surface area contributed by atoms with Crippen molar-refractivity contribution < 1.29 is 0 Å². The predicted molar refractivity (Wildman–Crippen MR) is 77.7 cm³/mol. The van der Waals surface area contributed by atoms with E-state index in [1.165, 1.54) is 22.5 Å². The molecule has 1 aliphatic heterocycles. The van der Waals surface area contributed by atoms with E-state index in [2.05, 4.69) is 74.2 Å². The summed E-state index contributed by atoms with van der Waals surface area (Å²) in [7, 11) is 0. The second kappa shape index (κ2) is 3.88. The third kappa shape index (κ3) is 1.40. The fourth-order valence-corrected chi connectivity index (χ4v) is 3.09. The molecule has 2 aromatic carbocycles. The fraction of sp³-hybridized carbons (Fsp3) is 0.294.